The van der Waals surface area contributed by atoms with Crippen LogP contribution in [0.4, 0.5) is 4.79 Å². The molecule has 32 heavy (non-hydrogen) atoms. The van der Waals surface area contributed by atoms with Gasteiger partial charge in [-0.1, -0.05) is 12.1 Å². The highest BCUT2D eigenvalue weighted by molar-refractivity contribution is 14.0. The third-order valence-electron chi connectivity index (χ3n) is 5.76. The Balaban J connectivity index is 0.00000363. The van der Waals surface area contributed by atoms with Crippen LogP contribution in [0.5, 0.6) is 5.75 Å². The predicted molar refractivity (Wildman–Crippen MR) is 135 cm³/mol. The van der Waals surface area contributed by atoms with Gasteiger partial charge in [-0.05, 0) is 24.6 Å². The van der Waals surface area contributed by atoms with Crippen molar-refractivity contribution in [1.29, 1.82) is 0 Å². The van der Waals surface area contributed by atoms with Crippen molar-refractivity contribution in [2.75, 3.05) is 79.8 Å². The van der Waals surface area contributed by atoms with Crippen LogP contribution in [0.2, 0.25) is 0 Å². The van der Waals surface area contributed by atoms with Crippen molar-refractivity contribution in [1.82, 2.24) is 20.0 Å². The number of piperazine rings is 1. The Morgan fingerprint density at radius 3 is 2.28 bits per heavy atom. The number of morpholine rings is 1. The number of amides is 1. The molecule has 2 fully saturated rings. The molecule has 0 radical (unpaired) electrons. The van der Waals surface area contributed by atoms with E-state index in [1.807, 2.05) is 19.1 Å². The highest BCUT2D eigenvalue weighted by Gasteiger charge is 2.26. The summed E-state index contributed by atoms with van der Waals surface area (Å²) in [6, 6.07) is 8.47. The molecule has 2 aliphatic rings. The second kappa shape index (κ2) is 13.7. The van der Waals surface area contributed by atoms with Crippen LogP contribution >= 0.6 is 24.0 Å². The average molecular weight is 561 g/mol. The molecule has 10 heteroatoms. The van der Waals surface area contributed by atoms with E-state index < -0.39 is 0 Å². The third kappa shape index (κ3) is 7.11. The SMILES string of the molecule is CCOC(=O)N1CCN(C(=NC)NCC(c2ccc(OC)cc2)N2CCOCC2)CC1.I. The zero-order valence-electron chi connectivity index (χ0n) is 19.3. The second-order valence-electron chi connectivity index (χ2n) is 7.54. The molecule has 0 aromatic heterocycles. The van der Waals surface area contributed by atoms with E-state index in [9.17, 15) is 4.79 Å². The lowest BCUT2D eigenvalue weighted by atomic mass is 10.0. The number of guanidine groups is 1. The molecule has 2 aliphatic heterocycles. The molecule has 9 nitrogen and oxygen atoms in total. The van der Waals surface area contributed by atoms with E-state index in [-0.39, 0.29) is 36.1 Å². The monoisotopic (exact) mass is 561 g/mol. The van der Waals surface area contributed by atoms with Gasteiger partial charge in [-0.3, -0.25) is 9.89 Å². The maximum Gasteiger partial charge on any atom is 0.409 e. The van der Waals surface area contributed by atoms with Crippen molar-refractivity contribution in [2.45, 2.75) is 13.0 Å². The fraction of sp³-hybridized carbons (Fsp3) is 0.636. The summed E-state index contributed by atoms with van der Waals surface area (Å²) in [6.07, 6.45) is -0.239. The van der Waals surface area contributed by atoms with E-state index in [4.69, 9.17) is 14.2 Å². The van der Waals surface area contributed by atoms with E-state index in [0.29, 0.717) is 19.7 Å². The minimum atomic E-state index is -0.239. The number of hydrogen-bond donors (Lipinski definition) is 1. The highest BCUT2D eigenvalue weighted by Crippen LogP contribution is 2.23. The number of carbonyl (C=O) groups excluding carboxylic acids is 1. The van der Waals surface area contributed by atoms with Crippen LogP contribution in [0.15, 0.2) is 29.3 Å². The molecule has 2 heterocycles. The topological polar surface area (TPSA) is 78.9 Å². The molecule has 2 saturated heterocycles. The summed E-state index contributed by atoms with van der Waals surface area (Å²) in [7, 11) is 3.48. The molecule has 1 unspecified atom stereocenters. The lowest BCUT2D eigenvalue weighted by Gasteiger charge is -2.38. The Morgan fingerprint density at radius 2 is 1.72 bits per heavy atom. The molecule has 3 rings (SSSR count). The molecule has 180 valence electrons. The largest absolute Gasteiger partial charge is 0.497 e. The van der Waals surface area contributed by atoms with Crippen molar-refractivity contribution in [3.8, 4) is 5.75 Å². The van der Waals surface area contributed by atoms with Crippen LogP contribution in [0.1, 0.15) is 18.5 Å². The Morgan fingerprint density at radius 1 is 1.09 bits per heavy atom. The summed E-state index contributed by atoms with van der Waals surface area (Å²) < 4.78 is 16.0. The fourth-order valence-electron chi connectivity index (χ4n) is 4.01. The number of benzene rings is 1. The summed E-state index contributed by atoms with van der Waals surface area (Å²) in [5.41, 5.74) is 1.23. The average Bonchev–Trinajstić information content (AvgIpc) is 2.83. The number of methoxy groups -OCH3 is 1. The van der Waals surface area contributed by atoms with Gasteiger partial charge in [0.15, 0.2) is 5.96 Å². The van der Waals surface area contributed by atoms with Gasteiger partial charge >= 0.3 is 6.09 Å². The van der Waals surface area contributed by atoms with Crippen LogP contribution in [0.25, 0.3) is 0 Å². The first kappa shape index (κ1) is 26.5. The van der Waals surface area contributed by atoms with Crippen molar-refractivity contribution in [2.24, 2.45) is 4.99 Å². The molecule has 1 atom stereocenters. The molecule has 1 aromatic carbocycles. The van der Waals surface area contributed by atoms with Crippen LogP contribution in [-0.2, 0) is 9.47 Å². The minimum Gasteiger partial charge on any atom is -0.497 e. The molecule has 0 saturated carbocycles. The molecule has 1 amide bonds. The normalized spacial score (nSPS) is 18.5. The van der Waals surface area contributed by atoms with E-state index >= 15 is 0 Å². The van der Waals surface area contributed by atoms with Gasteiger partial charge in [-0.15, -0.1) is 24.0 Å². The Bertz CT molecular complexity index is 720. The van der Waals surface area contributed by atoms with Crippen molar-refractivity contribution in [3.05, 3.63) is 29.8 Å². The highest BCUT2D eigenvalue weighted by atomic mass is 127. The standard InChI is InChI=1S/C22H35N5O4.HI/c1-4-31-22(28)27-11-9-26(10-12-27)21(23-2)24-17-20(25-13-15-30-16-14-25)18-5-7-19(29-3)8-6-18;/h5-8,20H,4,9-17H2,1-3H3,(H,23,24);1H. The molecule has 0 spiro atoms. The maximum absolute atomic E-state index is 12.0. The zero-order chi connectivity index (χ0) is 22.1. The van der Waals surface area contributed by atoms with E-state index in [1.54, 1.807) is 19.1 Å². The molecule has 0 aliphatic carbocycles. The molecule has 1 N–H and O–H groups in total. The van der Waals surface area contributed by atoms with Crippen molar-refractivity contribution >= 4 is 36.0 Å². The van der Waals surface area contributed by atoms with Crippen molar-refractivity contribution < 1.29 is 19.0 Å². The van der Waals surface area contributed by atoms with E-state index in [1.165, 1.54) is 5.56 Å². The molecular weight excluding hydrogens is 525 g/mol. The first-order chi connectivity index (χ1) is 15.2. The van der Waals surface area contributed by atoms with Gasteiger partial charge in [0.2, 0.25) is 0 Å². The lowest BCUT2D eigenvalue weighted by molar-refractivity contribution is 0.0168. The lowest BCUT2D eigenvalue weighted by Crippen LogP contribution is -2.55. The summed E-state index contributed by atoms with van der Waals surface area (Å²) in [4.78, 5) is 22.8. The molecule has 1 aromatic rings. The maximum atomic E-state index is 12.0. The summed E-state index contributed by atoms with van der Waals surface area (Å²) >= 11 is 0. The number of ether oxygens (including phenoxy) is 3. The first-order valence-electron chi connectivity index (χ1n) is 11.0. The Labute approximate surface area is 208 Å². The second-order valence-corrected chi connectivity index (χ2v) is 7.54. The molecule has 0 bridgehead atoms. The van der Waals surface area contributed by atoms with Gasteiger partial charge in [-0.2, -0.15) is 0 Å². The number of nitrogens with zero attached hydrogens (tertiary/aromatic N) is 4. The number of aliphatic imine (C=N–C) groups is 1. The summed E-state index contributed by atoms with van der Waals surface area (Å²) in [5, 5.41) is 3.56. The first-order valence-corrected chi connectivity index (χ1v) is 11.0. The molecular formula is C22H36IN5O4. The van der Waals surface area contributed by atoms with Gasteiger partial charge < -0.3 is 29.3 Å². The Hall–Kier alpha value is -1.79. The van der Waals surface area contributed by atoms with Gasteiger partial charge in [0, 0.05) is 52.9 Å². The van der Waals surface area contributed by atoms with Crippen LogP contribution < -0.4 is 10.1 Å². The van der Waals surface area contributed by atoms with Gasteiger partial charge in [0.05, 0.1) is 33.0 Å². The summed E-state index contributed by atoms with van der Waals surface area (Å²) in [6.45, 7) is 8.96. The van der Waals surface area contributed by atoms with E-state index in [2.05, 4.69) is 32.2 Å². The predicted octanol–water partition coefficient (Wildman–Crippen LogP) is 2.04. The smallest absolute Gasteiger partial charge is 0.409 e. The quantitative estimate of drug-likeness (QED) is 0.324. The zero-order valence-corrected chi connectivity index (χ0v) is 21.6. The van der Waals surface area contributed by atoms with Crippen molar-refractivity contribution in [3.63, 3.8) is 0 Å². The fourth-order valence-corrected chi connectivity index (χ4v) is 4.01. The summed E-state index contributed by atoms with van der Waals surface area (Å²) in [5.74, 6) is 1.71. The van der Waals surface area contributed by atoms with Gasteiger partial charge in [0.25, 0.3) is 0 Å². The minimum absolute atomic E-state index is 0. The van der Waals surface area contributed by atoms with Crippen LogP contribution in [-0.4, -0.2) is 107 Å². The van der Waals surface area contributed by atoms with Gasteiger partial charge in [0.1, 0.15) is 5.75 Å². The van der Waals surface area contributed by atoms with Crippen LogP contribution in [0, 0.1) is 0 Å². The third-order valence-corrected chi connectivity index (χ3v) is 5.76. The Kier molecular flexibility index (Phi) is 11.3. The number of carbonyl (C=O) groups is 1. The number of rotatable bonds is 6. The van der Waals surface area contributed by atoms with Gasteiger partial charge in [-0.25, -0.2) is 4.79 Å². The van der Waals surface area contributed by atoms with E-state index in [0.717, 1.165) is 57.6 Å². The number of nitrogens with one attached hydrogen (secondary N) is 1. The number of halogens is 1. The van der Waals surface area contributed by atoms with Crippen LogP contribution in [0.3, 0.4) is 0 Å². The number of hydrogen-bond acceptors (Lipinski definition) is 6.